The van der Waals surface area contributed by atoms with Crippen molar-refractivity contribution in [3.05, 3.63) is 29.6 Å². The molecule has 0 heterocycles. The van der Waals surface area contributed by atoms with E-state index in [0.717, 1.165) is 18.2 Å². The van der Waals surface area contributed by atoms with Gasteiger partial charge in [-0.15, -0.1) is 0 Å². The van der Waals surface area contributed by atoms with Gasteiger partial charge < -0.3 is 10.4 Å². The zero-order valence-corrected chi connectivity index (χ0v) is 9.42. The van der Waals surface area contributed by atoms with Crippen molar-refractivity contribution in [1.82, 2.24) is 5.32 Å². The fourth-order valence-corrected chi connectivity index (χ4v) is 1.41. The van der Waals surface area contributed by atoms with Crippen LogP contribution in [0.2, 0.25) is 0 Å². The predicted octanol–water partition coefficient (Wildman–Crippen LogP) is 2.84. The normalized spacial score (nSPS) is 13.1. The van der Waals surface area contributed by atoms with Gasteiger partial charge in [-0.2, -0.15) is 0 Å². The minimum Gasteiger partial charge on any atom is -0.508 e. The number of hydrogen-bond acceptors (Lipinski definition) is 2. The van der Waals surface area contributed by atoms with E-state index in [0.29, 0.717) is 5.92 Å². The summed E-state index contributed by atoms with van der Waals surface area (Å²) in [6.45, 7) is 7.06. The van der Waals surface area contributed by atoms with Gasteiger partial charge in [-0.1, -0.05) is 19.9 Å². The fourth-order valence-electron chi connectivity index (χ4n) is 1.41. The standard InChI is InChI=1S/C12H18FNO/c1-8(2)7-14-9(3)11-5-4-10(13)6-12(11)15/h4-6,8-9,14-15H,7H2,1-3H3/t9-/m0/s1. The van der Waals surface area contributed by atoms with Gasteiger partial charge in [0.15, 0.2) is 0 Å². The van der Waals surface area contributed by atoms with Crippen molar-refractivity contribution in [3.63, 3.8) is 0 Å². The molecule has 0 aliphatic rings. The highest BCUT2D eigenvalue weighted by Gasteiger charge is 2.10. The van der Waals surface area contributed by atoms with E-state index in [1.165, 1.54) is 6.07 Å². The Morgan fingerprint density at radius 2 is 2.00 bits per heavy atom. The van der Waals surface area contributed by atoms with E-state index in [-0.39, 0.29) is 11.8 Å². The summed E-state index contributed by atoms with van der Waals surface area (Å²) in [6, 6.07) is 4.15. The highest BCUT2D eigenvalue weighted by molar-refractivity contribution is 5.34. The maximum atomic E-state index is 12.7. The summed E-state index contributed by atoms with van der Waals surface area (Å²) in [5, 5.41) is 12.8. The van der Waals surface area contributed by atoms with Crippen molar-refractivity contribution in [2.45, 2.75) is 26.8 Å². The van der Waals surface area contributed by atoms with E-state index in [1.807, 2.05) is 6.92 Å². The average Bonchev–Trinajstić information content (AvgIpc) is 2.14. The van der Waals surface area contributed by atoms with Crippen LogP contribution in [0.3, 0.4) is 0 Å². The molecule has 0 aliphatic carbocycles. The maximum absolute atomic E-state index is 12.7. The minimum absolute atomic E-state index is 0.0127. The molecule has 1 rings (SSSR count). The van der Waals surface area contributed by atoms with Gasteiger partial charge in [0.25, 0.3) is 0 Å². The first-order valence-corrected chi connectivity index (χ1v) is 5.22. The number of benzene rings is 1. The molecule has 0 unspecified atom stereocenters. The Hall–Kier alpha value is -1.09. The van der Waals surface area contributed by atoms with Crippen molar-refractivity contribution >= 4 is 0 Å². The van der Waals surface area contributed by atoms with Crippen LogP contribution < -0.4 is 5.32 Å². The van der Waals surface area contributed by atoms with Crippen LogP contribution in [0.25, 0.3) is 0 Å². The SMILES string of the molecule is CC(C)CN[C@@H](C)c1ccc(F)cc1O. The fraction of sp³-hybridized carbons (Fsp3) is 0.500. The lowest BCUT2D eigenvalue weighted by molar-refractivity contribution is 0.438. The van der Waals surface area contributed by atoms with Gasteiger partial charge in [0, 0.05) is 17.7 Å². The first-order chi connectivity index (χ1) is 7.00. The van der Waals surface area contributed by atoms with E-state index in [2.05, 4.69) is 19.2 Å². The summed E-state index contributed by atoms with van der Waals surface area (Å²) in [6.07, 6.45) is 0. The molecule has 84 valence electrons. The zero-order chi connectivity index (χ0) is 11.4. The number of phenols is 1. The lowest BCUT2D eigenvalue weighted by atomic mass is 10.1. The maximum Gasteiger partial charge on any atom is 0.126 e. The lowest BCUT2D eigenvalue weighted by Gasteiger charge is -2.16. The van der Waals surface area contributed by atoms with Crippen molar-refractivity contribution in [3.8, 4) is 5.75 Å². The molecular weight excluding hydrogens is 193 g/mol. The third-order valence-corrected chi connectivity index (χ3v) is 2.29. The second-order valence-electron chi connectivity index (χ2n) is 4.23. The second-order valence-corrected chi connectivity index (χ2v) is 4.23. The molecule has 0 aromatic heterocycles. The number of aromatic hydroxyl groups is 1. The van der Waals surface area contributed by atoms with Gasteiger partial charge >= 0.3 is 0 Å². The van der Waals surface area contributed by atoms with E-state index < -0.39 is 5.82 Å². The summed E-state index contributed by atoms with van der Waals surface area (Å²) in [5.74, 6) is 0.154. The van der Waals surface area contributed by atoms with Gasteiger partial charge in [0.1, 0.15) is 11.6 Å². The van der Waals surface area contributed by atoms with Crippen LogP contribution in [-0.4, -0.2) is 11.7 Å². The quantitative estimate of drug-likeness (QED) is 0.802. The Morgan fingerprint density at radius 3 is 2.53 bits per heavy atom. The molecular formula is C12H18FNO. The van der Waals surface area contributed by atoms with Crippen molar-refractivity contribution in [2.75, 3.05) is 6.54 Å². The van der Waals surface area contributed by atoms with Crippen molar-refractivity contribution in [2.24, 2.45) is 5.92 Å². The highest BCUT2D eigenvalue weighted by Crippen LogP contribution is 2.24. The van der Waals surface area contributed by atoms with E-state index in [1.54, 1.807) is 6.07 Å². The summed E-state index contributed by atoms with van der Waals surface area (Å²) >= 11 is 0. The van der Waals surface area contributed by atoms with Crippen LogP contribution in [-0.2, 0) is 0 Å². The number of rotatable bonds is 4. The molecule has 3 heteroatoms. The van der Waals surface area contributed by atoms with Crippen LogP contribution in [0.1, 0.15) is 32.4 Å². The number of hydrogen-bond donors (Lipinski definition) is 2. The van der Waals surface area contributed by atoms with Gasteiger partial charge in [-0.25, -0.2) is 4.39 Å². The van der Waals surface area contributed by atoms with Crippen LogP contribution in [0, 0.1) is 11.7 Å². The van der Waals surface area contributed by atoms with Gasteiger partial charge in [0.2, 0.25) is 0 Å². The molecule has 15 heavy (non-hydrogen) atoms. The Bertz CT molecular complexity index is 325. The Kier molecular flexibility index (Phi) is 4.09. The summed E-state index contributed by atoms with van der Waals surface area (Å²) < 4.78 is 12.7. The minimum atomic E-state index is -0.410. The number of halogens is 1. The Morgan fingerprint density at radius 1 is 1.33 bits per heavy atom. The summed E-state index contributed by atoms with van der Waals surface area (Å²) in [5.41, 5.74) is 0.733. The molecule has 1 atom stereocenters. The molecule has 0 amide bonds. The molecule has 0 saturated carbocycles. The van der Waals surface area contributed by atoms with Crippen molar-refractivity contribution in [1.29, 1.82) is 0 Å². The van der Waals surface area contributed by atoms with Crippen LogP contribution >= 0.6 is 0 Å². The molecule has 0 saturated heterocycles. The predicted molar refractivity (Wildman–Crippen MR) is 59.3 cm³/mol. The number of nitrogens with one attached hydrogen (secondary N) is 1. The lowest BCUT2D eigenvalue weighted by Crippen LogP contribution is -2.23. The van der Waals surface area contributed by atoms with Crippen LogP contribution in [0.4, 0.5) is 4.39 Å². The highest BCUT2D eigenvalue weighted by atomic mass is 19.1. The van der Waals surface area contributed by atoms with Crippen LogP contribution in [0.15, 0.2) is 18.2 Å². The van der Waals surface area contributed by atoms with Gasteiger partial charge in [-0.3, -0.25) is 0 Å². The molecule has 2 nitrogen and oxygen atoms in total. The first-order valence-electron chi connectivity index (χ1n) is 5.22. The second kappa shape index (κ2) is 5.12. The summed E-state index contributed by atoms with van der Waals surface area (Å²) in [7, 11) is 0. The van der Waals surface area contributed by atoms with E-state index in [4.69, 9.17) is 0 Å². The monoisotopic (exact) mass is 211 g/mol. The molecule has 1 aromatic rings. The molecule has 2 N–H and O–H groups in total. The molecule has 0 radical (unpaired) electrons. The topological polar surface area (TPSA) is 32.3 Å². The van der Waals surface area contributed by atoms with Crippen LogP contribution in [0.5, 0.6) is 5.75 Å². The van der Waals surface area contributed by atoms with E-state index in [9.17, 15) is 9.50 Å². The zero-order valence-electron chi connectivity index (χ0n) is 9.42. The molecule has 0 aliphatic heterocycles. The smallest absolute Gasteiger partial charge is 0.126 e. The third kappa shape index (κ3) is 3.51. The Balaban J connectivity index is 2.69. The summed E-state index contributed by atoms with van der Waals surface area (Å²) in [4.78, 5) is 0. The molecule has 0 spiro atoms. The third-order valence-electron chi connectivity index (χ3n) is 2.29. The molecule has 0 fully saturated rings. The largest absolute Gasteiger partial charge is 0.508 e. The first kappa shape index (κ1) is 12.0. The Labute approximate surface area is 90.1 Å². The number of phenolic OH excluding ortho intramolecular Hbond substituents is 1. The molecule has 1 aromatic carbocycles. The van der Waals surface area contributed by atoms with Crippen molar-refractivity contribution < 1.29 is 9.50 Å². The van der Waals surface area contributed by atoms with E-state index >= 15 is 0 Å². The van der Waals surface area contributed by atoms with Gasteiger partial charge in [0.05, 0.1) is 0 Å². The molecule has 0 bridgehead atoms. The van der Waals surface area contributed by atoms with Gasteiger partial charge in [-0.05, 0) is 25.5 Å². The average molecular weight is 211 g/mol.